The number of aromatic nitrogens is 2. The molecule has 0 fully saturated rings. The topological polar surface area (TPSA) is 67.0 Å². The number of pyridine rings is 1. The number of hydrogen-bond acceptors (Lipinski definition) is 3. The fourth-order valence-corrected chi connectivity index (χ4v) is 2.84. The van der Waals surface area contributed by atoms with Crippen molar-refractivity contribution in [1.29, 1.82) is 0 Å². The van der Waals surface area contributed by atoms with E-state index in [1.165, 1.54) is 0 Å². The molecule has 5 heteroatoms. The smallest absolute Gasteiger partial charge is 0.252 e. The third-order valence-electron chi connectivity index (χ3n) is 4.17. The number of amides is 1. The van der Waals surface area contributed by atoms with Gasteiger partial charge in [0.25, 0.3) is 5.91 Å². The van der Waals surface area contributed by atoms with Crippen LogP contribution in [0.3, 0.4) is 0 Å². The van der Waals surface area contributed by atoms with E-state index >= 15 is 0 Å². The number of nitrogens with zero attached hydrogens (tertiary/aromatic N) is 1. The molecule has 27 heavy (non-hydrogen) atoms. The highest BCUT2D eigenvalue weighted by Crippen LogP contribution is 2.22. The molecule has 2 heterocycles. The van der Waals surface area contributed by atoms with Gasteiger partial charge in [-0.3, -0.25) is 9.78 Å². The molecular formula is C22H17N3O2. The predicted octanol–water partition coefficient (Wildman–Crippen LogP) is 3.53. The molecule has 2 aromatic heterocycles. The normalized spacial score (nSPS) is 10.4. The summed E-state index contributed by atoms with van der Waals surface area (Å²) in [5.74, 6) is 6.37. The molecule has 2 aromatic carbocycles. The van der Waals surface area contributed by atoms with Crippen LogP contribution in [0.1, 0.15) is 10.4 Å². The summed E-state index contributed by atoms with van der Waals surface area (Å²) in [4.78, 5) is 19.6. The van der Waals surface area contributed by atoms with Crippen molar-refractivity contribution in [1.82, 2.24) is 15.3 Å². The maximum Gasteiger partial charge on any atom is 0.252 e. The minimum atomic E-state index is -0.147. The number of H-pyrrole nitrogens is 1. The lowest BCUT2D eigenvalue weighted by Gasteiger charge is -2.05. The van der Waals surface area contributed by atoms with E-state index in [4.69, 9.17) is 4.74 Å². The van der Waals surface area contributed by atoms with Crippen molar-refractivity contribution in [2.45, 2.75) is 0 Å². The number of fused-ring (bicyclic) bond motifs is 2. The molecule has 132 valence electrons. The summed E-state index contributed by atoms with van der Waals surface area (Å²) in [5, 5.41) is 4.82. The van der Waals surface area contributed by atoms with Crippen molar-refractivity contribution in [2.75, 3.05) is 13.2 Å². The Balaban J connectivity index is 1.31. The average molecular weight is 355 g/mol. The van der Waals surface area contributed by atoms with Gasteiger partial charge in [0.2, 0.25) is 0 Å². The van der Waals surface area contributed by atoms with Gasteiger partial charge in [-0.25, -0.2) is 0 Å². The zero-order valence-electron chi connectivity index (χ0n) is 14.5. The lowest BCUT2D eigenvalue weighted by atomic mass is 10.1. The second kappa shape index (κ2) is 7.63. The molecule has 0 aliphatic rings. The largest absolute Gasteiger partial charge is 0.479 e. The van der Waals surface area contributed by atoms with Crippen LogP contribution in [0.5, 0.6) is 5.75 Å². The molecule has 4 aromatic rings. The first kappa shape index (κ1) is 16.7. The van der Waals surface area contributed by atoms with Crippen LogP contribution >= 0.6 is 0 Å². The number of carbonyl (C=O) groups is 1. The first-order valence-corrected chi connectivity index (χ1v) is 8.59. The van der Waals surface area contributed by atoms with Crippen LogP contribution in [0.4, 0.5) is 0 Å². The second-order valence-electron chi connectivity index (χ2n) is 5.94. The molecule has 0 saturated heterocycles. The first-order valence-electron chi connectivity index (χ1n) is 8.59. The molecule has 0 aliphatic carbocycles. The standard InChI is InChI=1S/C22H17N3O2/c26-22(18-8-9-19-17(15-18)10-13-23-19)25-11-1-2-14-27-20-7-3-5-16-6-4-12-24-21(16)20/h3-10,12-13,15,23H,11,14H2,(H,25,26). The molecule has 0 atom stereocenters. The number of ether oxygens (including phenoxy) is 1. The van der Waals surface area contributed by atoms with Crippen molar-refractivity contribution < 1.29 is 9.53 Å². The molecule has 5 nitrogen and oxygen atoms in total. The highest BCUT2D eigenvalue weighted by atomic mass is 16.5. The van der Waals surface area contributed by atoms with Gasteiger partial charge in [-0.15, -0.1) is 0 Å². The van der Waals surface area contributed by atoms with Crippen LogP contribution in [-0.2, 0) is 0 Å². The molecule has 0 saturated carbocycles. The van der Waals surface area contributed by atoms with E-state index < -0.39 is 0 Å². The van der Waals surface area contributed by atoms with E-state index in [1.807, 2.05) is 54.7 Å². The van der Waals surface area contributed by atoms with E-state index in [1.54, 1.807) is 12.3 Å². The van der Waals surface area contributed by atoms with Crippen LogP contribution in [0.2, 0.25) is 0 Å². The quantitative estimate of drug-likeness (QED) is 0.550. The van der Waals surface area contributed by atoms with E-state index in [0.717, 1.165) is 21.8 Å². The molecule has 0 unspecified atom stereocenters. The Hall–Kier alpha value is -3.78. The van der Waals surface area contributed by atoms with Gasteiger partial charge >= 0.3 is 0 Å². The summed E-state index contributed by atoms with van der Waals surface area (Å²) >= 11 is 0. The highest BCUT2D eigenvalue weighted by molar-refractivity contribution is 5.98. The fourth-order valence-electron chi connectivity index (χ4n) is 2.84. The highest BCUT2D eigenvalue weighted by Gasteiger charge is 2.05. The zero-order valence-corrected chi connectivity index (χ0v) is 14.5. The third-order valence-corrected chi connectivity index (χ3v) is 4.17. The first-order chi connectivity index (χ1) is 13.3. The van der Waals surface area contributed by atoms with E-state index in [0.29, 0.717) is 11.3 Å². The number of aromatic amines is 1. The third kappa shape index (κ3) is 3.75. The maximum atomic E-state index is 12.2. The minimum absolute atomic E-state index is 0.147. The van der Waals surface area contributed by atoms with E-state index in [9.17, 15) is 4.79 Å². The SMILES string of the molecule is O=C(NCC#CCOc1cccc2cccnc12)c1ccc2[nH]ccc2c1. The lowest BCUT2D eigenvalue weighted by molar-refractivity contribution is 0.0959. The van der Waals surface area contributed by atoms with E-state index in [-0.39, 0.29) is 19.1 Å². The molecule has 2 N–H and O–H groups in total. The Morgan fingerprint density at radius 3 is 2.96 bits per heavy atom. The number of carbonyl (C=O) groups excluding carboxylic acids is 1. The molecular weight excluding hydrogens is 338 g/mol. The van der Waals surface area contributed by atoms with Gasteiger partial charge in [0.15, 0.2) is 0 Å². The van der Waals surface area contributed by atoms with Crippen LogP contribution < -0.4 is 10.1 Å². The van der Waals surface area contributed by atoms with Crippen molar-refractivity contribution in [3.05, 3.63) is 72.6 Å². The molecule has 1 amide bonds. The predicted molar refractivity (Wildman–Crippen MR) is 106 cm³/mol. The summed E-state index contributed by atoms with van der Waals surface area (Å²) in [7, 11) is 0. The van der Waals surface area contributed by atoms with Gasteiger partial charge in [0.1, 0.15) is 17.9 Å². The summed E-state index contributed by atoms with van der Waals surface area (Å²) < 4.78 is 5.70. The number of rotatable bonds is 4. The van der Waals surface area contributed by atoms with Crippen molar-refractivity contribution in [3.63, 3.8) is 0 Å². The van der Waals surface area contributed by atoms with Crippen LogP contribution in [0.25, 0.3) is 21.8 Å². The van der Waals surface area contributed by atoms with Gasteiger partial charge in [-0.1, -0.05) is 30.0 Å². The van der Waals surface area contributed by atoms with E-state index in [2.05, 4.69) is 27.1 Å². The van der Waals surface area contributed by atoms with Gasteiger partial charge in [-0.05, 0) is 36.4 Å². The molecule has 0 bridgehead atoms. The van der Waals surface area contributed by atoms with Gasteiger partial charge in [0, 0.05) is 34.2 Å². The van der Waals surface area contributed by atoms with Gasteiger partial charge in [-0.2, -0.15) is 0 Å². The zero-order chi connectivity index (χ0) is 18.5. The second-order valence-corrected chi connectivity index (χ2v) is 5.94. The van der Waals surface area contributed by atoms with Crippen LogP contribution in [0, 0.1) is 11.8 Å². The minimum Gasteiger partial charge on any atom is -0.479 e. The summed E-state index contributed by atoms with van der Waals surface area (Å²) in [5.41, 5.74) is 2.43. The number of benzene rings is 2. The number of hydrogen-bond donors (Lipinski definition) is 2. The molecule has 0 radical (unpaired) electrons. The van der Waals surface area contributed by atoms with Gasteiger partial charge in [0.05, 0.1) is 6.54 Å². The Labute approximate surface area is 156 Å². The van der Waals surface area contributed by atoms with Crippen LogP contribution in [-0.4, -0.2) is 29.0 Å². The summed E-state index contributed by atoms with van der Waals surface area (Å²) in [6, 6.07) is 17.1. The molecule has 4 rings (SSSR count). The number of para-hydroxylation sites is 1. The lowest BCUT2D eigenvalue weighted by Crippen LogP contribution is -2.23. The monoisotopic (exact) mass is 355 g/mol. The maximum absolute atomic E-state index is 12.2. The Kier molecular flexibility index (Phi) is 4.71. The Morgan fingerprint density at radius 1 is 1.07 bits per heavy atom. The molecule has 0 spiro atoms. The Morgan fingerprint density at radius 2 is 2.00 bits per heavy atom. The van der Waals surface area contributed by atoms with Crippen molar-refractivity contribution in [3.8, 4) is 17.6 Å². The van der Waals surface area contributed by atoms with Gasteiger partial charge < -0.3 is 15.0 Å². The molecule has 0 aliphatic heterocycles. The van der Waals surface area contributed by atoms with Crippen LogP contribution in [0.15, 0.2) is 67.0 Å². The summed E-state index contributed by atoms with van der Waals surface area (Å²) in [6.45, 7) is 0.502. The fraction of sp³-hybridized carbons (Fsp3) is 0.0909. The Bertz CT molecular complexity index is 1160. The average Bonchev–Trinajstić information content (AvgIpc) is 3.18. The van der Waals surface area contributed by atoms with Crippen molar-refractivity contribution >= 4 is 27.7 Å². The van der Waals surface area contributed by atoms with Crippen molar-refractivity contribution in [2.24, 2.45) is 0 Å². The number of nitrogens with one attached hydrogen (secondary N) is 2. The summed E-state index contributed by atoms with van der Waals surface area (Å²) in [6.07, 6.45) is 3.59.